The van der Waals surface area contributed by atoms with Gasteiger partial charge in [0.15, 0.2) is 0 Å². The van der Waals surface area contributed by atoms with Crippen molar-refractivity contribution in [3.63, 3.8) is 0 Å². The molecule has 26 heavy (non-hydrogen) atoms. The van der Waals surface area contributed by atoms with E-state index in [1.54, 1.807) is 0 Å². The summed E-state index contributed by atoms with van der Waals surface area (Å²) in [4.78, 5) is 6.08. The van der Waals surface area contributed by atoms with E-state index in [0.29, 0.717) is 12.0 Å². The average Bonchev–Trinajstić information content (AvgIpc) is 3.24. The van der Waals surface area contributed by atoms with Crippen LogP contribution in [0.3, 0.4) is 0 Å². The summed E-state index contributed by atoms with van der Waals surface area (Å²) < 4.78 is 0. The Bertz CT molecular complexity index is 1200. The van der Waals surface area contributed by atoms with Crippen LogP contribution in [0, 0.1) is 0 Å². The molecule has 1 aliphatic heterocycles. The van der Waals surface area contributed by atoms with Gasteiger partial charge in [-0.15, -0.1) is 0 Å². The zero-order valence-electron chi connectivity index (χ0n) is 14.3. The molecule has 3 aromatic carbocycles. The fraction of sp³-hybridized carbons (Fsp3) is 0.0833. The van der Waals surface area contributed by atoms with Crippen molar-refractivity contribution < 1.29 is 0 Å². The number of hydrogen-bond acceptors (Lipinski definition) is 1. The SMILES string of the molecule is C1=CC2c3c(ccc4[nH]c5ccccc5c34)N(c3ccccc3)C2C=C1. The minimum atomic E-state index is 0.330. The van der Waals surface area contributed by atoms with Gasteiger partial charge in [-0.1, -0.05) is 60.7 Å². The Balaban J connectivity index is 1.71. The molecule has 1 N–H and O–H groups in total. The first-order valence-corrected chi connectivity index (χ1v) is 9.14. The molecule has 2 heterocycles. The molecule has 2 aliphatic rings. The van der Waals surface area contributed by atoms with Crippen molar-refractivity contribution in [3.05, 3.63) is 96.6 Å². The maximum absolute atomic E-state index is 3.60. The van der Waals surface area contributed by atoms with Crippen LogP contribution in [0.2, 0.25) is 0 Å². The van der Waals surface area contributed by atoms with Crippen molar-refractivity contribution in [2.75, 3.05) is 4.90 Å². The molecule has 1 aromatic heterocycles. The second-order valence-electron chi connectivity index (χ2n) is 7.08. The molecule has 0 saturated carbocycles. The van der Waals surface area contributed by atoms with Gasteiger partial charge in [0.2, 0.25) is 0 Å². The first kappa shape index (κ1) is 14.0. The van der Waals surface area contributed by atoms with Gasteiger partial charge >= 0.3 is 0 Å². The number of benzene rings is 3. The monoisotopic (exact) mass is 334 g/mol. The van der Waals surface area contributed by atoms with Crippen LogP contribution in [0.4, 0.5) is 11.4 Å². The molecule has 124 valence electrons. The van der Waals surface area contributed by atoms with Crippen molar-refractivity contribution in [2.45, 2.75) is 12.0 Å². The lowest BCUT2D eigenvalue weighted by Crippen LogP contribution is -2.28. The van der Waals surface area contributed by atoms with Gasteiger partial charge in [0.05, 0.1) is 6.04 Å². The Kier molecular flexibility index (Phi) is 2.75. The zero-order chi connectivity index (χ0) is 17.1. The Hall–Kier alpha value is -3.26. The Labute approximate surface area is 152 Å². The lowest BCUT2D eigenvalue weighted by Gasteiger charge is -2.28. The molecule has 0 bridgehead atoms. The lowest BCUT2D eigenvalue weighted by atomic mass is 9.88. The van der Waals surface area contributed by atoms with Crippen LogP contribution in [0.5, 0.6) is 0 Å². The molecule has 0 radical (unpaired) electrons. The van der Waals surface area contributed by atoms with E-state index in [4.69, 9.17) is 0 Å². The van der Waals surface area contributed by atoms with Gasteiger partial charge in [-0.3, -0.25) is 0 Å². The van der Waals surface area contributed by atoms with E-state index >= 15 is 0 Å². The topological polar surface area (TPSA) is 19.0 Å². The van der Waals surface area contributed by atoms with E-state index in [-0.39, 0.29) is 0 Å². The van der Waals surface area contributed by atoms with E-state index in [2.05, 4.69) is 101 Å². The highest BCUT2D eigenvalue weighted by Crippen LogP contribution is 2.51. The van der Waals surface area contributed by atoms with Crippen LogP contribution in [0.25, 0.3) is 21.8 Å². The van der Waals surface area contributed by atoms with Gasteiger partial charge in [-0.05, 0) is 35.9 Å². The third kappa shape index (κ3) is 1.76. The van der Waals surface area contributed by atoms with Crippen molar-refractivity contribution >= 4 is 33.2 Å². The van der Waals surface area contributed by atoms with Crippen molar-refractivity contribution in [2.24, 2.45) is 0 Å². The molecular formula is C24H18N2. The summed E-state index contributed by atoms with van der Waals surface area (Å²) in [5, 5.41) is 2.68. The predicted octanol–water partition coefficient (Wildman–Crippen LogP) is 6.05. The van der Waals surface area contributed by atoms with Gasteiger partial charge in [0.1, 0.15) is 0 Å². The smallest absolute Gasteiger partial charge is 0.0629 e. The van der Waals surface area contributed by atoms with Gasteiger partial charge in [-0.2, -0.15) is 0 Å². The fourth-order valence-electron chi connectivity index (χ4n) is 4.68. The van der Waals surface area contributed by atoms with Crippen molar-refractivity contribution in [1.82, 2.24) is 4.98 Å². The Morgan fingerprint density at radius 2 is 1.54 bits per heavy atom. The molecule has 2 atom stereocenters. The number of nitrogens with zero attached hydrogens (tertiary/aromatic N) is 1. The molecule has 2 nitrogen and oxygen atoms in total. The third-order valence-corrected chi connectivity index (χ3v) is 5.72. The lowest BCUT2D eigenvalue weighted by molar-refractivity contribution is 0.747. The number of fused-ring (bicyclic) bond motifs is 7. The van der Waals surface area contributed by atoms with E-state index < -0.39 is 0 Å². The van der Waals surface area contributed by atoms with Crippen LogP contribution < -0.4 is 4.90 Å². The molecule has 0 fully saturated rings. The molecule has 2 unspecified atom stereocenters. The van der Waals surface area contributed by atoms with E-state index in [1.165, 1.54) is 38.7 Å². The van der Waals surface area contributed by atoms with Crippen molar-refractivity contribution in [3.8, 4) is 0 Å². The second kappa shape index (κ2) is 5.12. The quantitative estimate of drug-likeness (QED) is 0.449. The number of aromatic amines is 1. The molecule has 0 amide bonds. The molecule has 6 rings (SSSR count). The summed E-state index contributed by atoms with van der Waals surface area (Å²) in [7, 11) is 0. The van der Waals surface area contributed by atoms with Crippen molar-refractivity contribution in [1.29, 1.82) is 0 Å². The maximum atomic E-state index is 3.60. The normalized spacial score (nSPS) is 20.7. The number of anilines is 2. The number of H-pyrrole nitrogens is 1. The zero-order valence-corrected chi connectivity index (χ0v) is 14.3. The second-order valence-corrected chi connectivity index (χ2v) is 7.08. The van der Waals surface area contributed by atoms with Crippen LogP contribution in [-0.4, -0.2) is 11.0 Å². The molecule has 0 spiro atoms. The number of aromatic nitrogens is 1. The minimum absolute atomic E-state index is 0.330. The summed E-state index contributed by atoms with van der Waals surface area (Å²) in [5.41, 5.74) is 6.44. The maximum Gasteiger partial charge on any atom is 0.0629 e. The summed E-state index contributed by atoms with van der Waals surface area (Å²) in [6.07, 6.45) is 9.05. The highest BCUT2D eigenvalue weighted by Gasteiger charge is 2.39. The van der Waals surface area contributed by atoms with Crippen LogP contribution in [-0.2, 0) is 0 Å². The first-order valence-electron chi connectivity index (χ1n) is 9.14. The van der Waals surface area contributed by atoms with E-state index in [9.17, 15) is 0 Å². The summed E-state index contributed by atoms with van der Waals surface area (Å²) in [5.74, 6) is 0.373. The Morgan fingerprint density at radius 1 is 0.731 bits per heavy atom. The third-order valence-electron chi connectivity index (χ3n) is 5.72. The van der Waals surface area contributed by atoms with Crippen LogP contribution in [0.1, 0.15) is 11.5 Å². The predicted molar refractivity (Wildman–Crippen MR) is 109 cm³/mol. The molecule has 0 saturated heterocycles. The molecule has 2 heteroatoms. The molecule has 4 aromatic rings. The van der Waals surface area contributed by atoms with E-state index in [1.807, 2.05) is 0 Å². The highest BCUT2D eigenvalue weighted by atomic mass is 15.2. The fourth-order valence-corrected chi connectivity index (χ4v) is 4.68. The summed E-state index contributed by atoms with van der Waals surface area (Å²) in [6.45, 7) is 0. The van der Waals surface area contributed by atoms with Gasteiger partial charge in [0, 0.05) is 39.1 Å². The first-order chi connectivity index (χ1) is 12.9. The Morgan fingerprint density at radius 3 is 2.46 bits per heavy atom. The van der Waals surface area contributed by atoms with Crippen LogP contribution >= 0.6 is 0 Å². The number of para-hydroxylation sites is 2. The molecular weight excluding hydrogens is 316 g/mol. The summed E-state index contributed by atoms with van der Waals surface area (Å²) in [6, 6.07) is 24.2. The van der Waals surface area contributed by atoms with Gasteiger partial charge in [0.25, 0.3) is 0 Å². The molecule has 1 aliphatic carbocycles. The summed E-state index contributed by atoms with van der Waals surface area (Å²) >= 11 is 0. The van der Waals surface area contributed by atoms with Gasteiger partial charge < -0.3 is 9.88 Å². The number of rotatable bonds is 1. The van der Waals surface area contributed by atoms with E-state index in [0.717, 1.165) is 0 Å². The number of hydrogen-bond donors (Lipinski definition) is 1. The van der Waals surface area contributed by atoms with Crippen LogP contribution in [0.15, 0.2) is 91.0 Å². The largest absolute Gasteiger partial charge is 0.354 e. The standard InChI is InChI=1S/C24H18N2/c1-2-8-16(9-3-1)26-21-13-7-5-11-18(21)24-22(26)15-14-20-23(24)17-10-4-6-12-19(17)25-20/h1-15,18,21,25H. The average molecular weight is 334 g/mol. The highest BCUT2D eigenvalue weighted by molar-refractivity contribution is 6.12. The van der Waals surface area contributed by atoms with Gasteiger partial charge in [-0.25, -0.2) is 0 Å². The number of nitrogens with one attached hydrogen (secondary N) is 1. The minimum Gasteiger partial charge on any atom is -0.354 e. The number of allylic oxidation sites excluding steroid dienone is 2.